The van der Waals surface area contributed by atoms with Gasteiger partial charge in [0, 0.05) is 17.6 Å². The number of nitrogens with zero attached hydrogens (tertiary/aromatic N) is 1. The molecule has 1 fully saturated rings. The Labute approximate surface area is 144 Å². The molecule has 1 atom stereocenters. The van der Waals surface area contributed by atoms with Gasteiger partial charge < -0.3 is 10.5 Å². The Hall–Kier alpha value is -0.670. The zero-order valence-electron chi connectivity index (χ0n) is 12.0. The number of carbonyl (C=O) groups is 1. The number of halogens is 2. The van der Waals surface area contributed by atoms with Crippen LogP contribution in [-0.4, -0.2) is 45.4 Å². The Morgan fingerprint density at radius 1 is 1.50 bits per heavy atom. The largest absolute Gasteiger partial charge is 0.465 e. The number of hydrogen-bond acceptors (Lipinski definition) is 5. The van der Waals surface area contributed by atoms with Crippen LogP contribution in [0.5, 0.6) is 0 Å². The first kappa shape index (κ1) is 19.4. The maximum atomic E-state index is 12.6. The monoisotopic (exact) mass is 412 g/mol. The lowest BCUT2D eigenvalue weighted by molar-refractivity contribution is 0.0600. The topological polar surface area (TPSA) is 89.7 Å². The fourth-order valence-electron chi connectivity index (χ4n) is 2.30. The molecule has 9 heteroatoms. The summed E-state index contributed by atoms with van der Waals surface area (Å²) in [6.45, 7) is 1.38. The molecule has 2 N–H and O–H groups in total. The van der Waals surface area contributed by atoms with Crippen molar-refractivity contribution in [2.75, 3.05) is 26.7 Å². The van der Waals surface area contributed by atoms with Gasteiger partial charge in [-0.3, -0.25) is 0 Å². The molecule has 0 aliphatic carbocycles. The van der Waals surface area contributed by atoms with Crippen molar-refractivity contribution in [1.82, 2.24) is 4.31 Å². The van der Waals surface area contributed by atoms with E-state index >= 15 is 0 Å². The number of sulfonamides is 1. The highest BCUT2D eigenvalue weighted by Gasteiger charge is 2.33. The molecule has 2 rings (SSSR count). The van der Waals surface area contributed by atoms with Crippen molar-refractivity contribution in [3.63, 3.8) is 0 Å². The van der Waals surface area contributed by atoms with E-state index in [2.05, 4.69) is 20.7 Å². The molecule has 1 aromatic rings. The van der Waals surface area contributed by atoms with E-state index in [1.807, 2.05) is 0 Å². The Morgan fingerprint density at radius 2 is 2.18 bits per heavy atom. The summed E-state index contributed by atoms with van der Waals surface area (Å²) in [5.41, 5.74) is 5.89. The smallest absolute Gasteiger partial charge is 0.337 e. The normalized spacial score (nSPS) is 18.8. The molecule has 1 aliphatic rings. The van der Waals surface area contributed by atoms with Crippen molar-refractivity contribution < 1.29 is 17.9 Å². The van der Waals surface area contributed by atoms with Crippen molar-refractivity contribution in [3.05, 3.63) is 28.2 Å². The fraction of sp³-hybridized carbons (Fsp3) is 0.462. The lowest BCUT2D eigenvalue weighted by Gasteiger charge is -2.17. The molecule has 1 aromatic carbocycles. The second kappa shape index (κ2) is 7.74. The number of carbonyl (C=O) groups excluding carboxylic acids is 1. The zero-order chi connectivity index (χ0) is 15.6. The van der Waals surface area contributed by atoms with Gasteiger partial charge in [0.15, 0.2) is 0 Å². The molecule has 0 saturated carbocycles. The van der Waals surface area contributed by atoms with Crippen LogP contribution in [0.3, 0.4) is 0 Å². The lowest BCUT2D eigenvalue weighted by atomic mass is 10.1. The molecule has 6 nitrogen and oxygen atoms in total. The third-order valence-corrected chi connectivity index (χ3v) is 6.39. The van der Waals surface area contributed by atoms with Crippen molar-refractivity contribution >= 4 is 44.3 Å². The summed E-state index contributed by atoms with van der Waals surface area (Å²) in [6, 6.07) is 4.32. The van der Waals surface area contributed by atoms with Crippen LogP contribution < -0.4 is 5.73 Å². The van der Waals surface area contributed by atoms with Crippen molar-refractivity contribution in [1.29, 1.82) is 0 Å². The molecule has 1 unspecified atom stereocenters. The van der Waals surface area contributed by atoms with E-state index in [0.29, 0.717) is 29.7 Å². The summed E-state index contributed by atoms with van der Waals surface area (Å²) in [7, 11) is -2.31. The third kappa shape index (κ3) is 3.80. The highest BCUT2D eigenvalue weighted by molar-refractivity contribution is 9.10. The Kier molecular flexibility index (Phi) is 6.82. The second-order valence-electron chi connectivity index (χ2n) is 4.89. The second-order valence-corrected chi connectivity index (χ2v) is 7.65. The summed E-state index contributed by atoms with van der Waals surface area (Å²) in [6.07, 6.45) is 0.771. The van der Waals surface area contributed by atoms with Gasteiger partial charge in [-0.25, -0.2) is 13.2 Å². The van der Waals surface area contributed by atoms with E-state index in [1.54, 1.807) is 0 Å². The van der Waals surface area contributed by atoms with Crippen LogP contribution in [0.1, 0.15) is 16.8 Å². The number of methoxy groups -OCH3 is 1. The standard InChI is InChI=1S/C13H17BrN2O4S.ClH/c1-20-13(17)10-2-3-12(11(14)6-10)21(18,19)16-5-4-9(7-15)8-16;/h2-3,6,9H,4-5,7-8,15H2,1H3;1H. The Morgan fingerprint density at radius 3 is 2.68 bits per heavy atom. The van der Waals surface area contributed by atoms with Crippen LogP contribution in [0, 0.1) is 5.92 Å². The minimum Gasteiger partial charge on any atom is -0.465 e. The van der Waals surface area contributed by atoms with E-state index in [1.165, 1.54) is 29.6 Å². The molecule has 1 aliphatic heterocycles. The van der Waals surface area contributed by atoms with Crippen LogP contribution in [0.15, 0.2) is 27.6 Å². The predicted octanol–water partition coefficient (Wildman–Crippen LogP) is 1.63. The quantitative estimate of drug-likeness (QED) is 0.758. The van der Waals surface area contributed by atoms with Gasteiger partial charge in [0.2, 0.25) is 10.0 Å². The fourth-order valence-corrected chi connectivity index (χ4v) is 4.87. The molecular formula is C13H18BrClN2O4S. The number of benzene rings is 1. The zero-order valence-corrected chi connectivity index (χ0v) is 15.2. The molecule has 0 spiro atoms. The molecule has 1 heterocycles. The van der Waals surface area contributed by atoms with E-state index in [-0.39, 0.29) is 23.2 Å². The summed E-state index contributed by atoms with van der Waals surface area (Å²) < 4.78 is 31.6. The highest BCUT2D eigenvalue weighted by atomic mass is 79.9. The number of ether oxygens (including phenoxy) is 1. The van der Waals surface area contributed by atoms with Crippen LogP contribution in [-0.2, 0) is 14.8 Å². The van der Waals surface area contributed by atoms with Gasteiger partial charge in [0.25, 0.3) is 0 Å². The molecule has 22 heavy (non-hydrogen) atoms. The SMILES string of the molecule is COC(=O)c1ccc(S(=O)(=O)N2CCC(CN)C2)c(Br)c1.Cl. The van der Waals surface area contributed by atoms with Crippen molar-refractivity contribution in [2.45, 2.75) is 11.3 Å². The number of esters is 1. The summed E-state index contributed by atoms with van der Waals surface area (Å²) in [4.78, 5) is 11.6. The average molecular weight is 414 g/mol. The van der Waals surface area contributed by atoms with Gasteiger partial charge in [-0.05, 0) is 53.0 Å². The summed E-state index contributed by atoms with van der Waals surface area (Å²) >= 11 is 3.22. The van der Waals surface area contributed by atoms with Crippen LogP contribution >= 0.6 is 28.3 Å². The van der Waals surface area contributed by atoms with E-state index in [4.69, 9.17) is 5.73 Å². The molecule has 0 amide bonds. The van der Waals surface area contributed by atoms with Gasteiger partial charge >= 0.3 is 5.97 Å². The first-order valence-corrected chi connectivity index (χ1v) is 8.71. The van der Waals surface area contributed by atoms with E-state index in [9.17, 15) is 13.2 Å². The Bertz CT molecular complexity index is 653. The van der Waals surface area contributed by atoms with Gasteiger partial charge in [-0.2, -0.15) is 4.31 Å². The van der Waals surface area contributed by atoms with Crippen LogP contribution in [0.4, 0.5) is 0 Å². The molecule has 124 valence electrons. The van der Waals surface area contributed by atoms with E-state index < -0.39 is 16.0 Å². The van der Waals surface area contributed by atoms with E-state index in [0.717, 1.165) is 6.42 Å². The van der Waals surface area contributed by atoms with Gasteiger partial charge in [0.1, 0.15) is 0 Å². The molecular weight excluding hydrogens is 396 g/mol. The minimum absolute atomic E-state index is 0. The average Bonchev–Trinajstić information content (AvgIpc) is 2.95. The Balaban J connectivity index is 0.00000242. The third-order valence-electron chi connectivity index (χ3n) is 3.55. The minimum atomic E-state index is -3.58. The lowest BCUT2D eigenvalue weighted by Crippen LogP contribution is -2.30. The van der Waals surface area contributed by atoms with Gasteiger partial charge in [0.05, 0.1) is 17.6 Å². The molecule has 0 bridgehead atoms. The van der Waals surface area contributed by atoms with Crippen molar-refractivity contribution in [3.8, 4) is 0 Å². The maximum Gasteiger partial charge on any atom is 0.337 e. The number of hydrogen-bond donors (Lipinski definition) is 1. The molecule has 1 saturated heterocycles. The first-order chi connectivity index (χ1) is 9.90. The predicted molar refractivity (Wildman–Crippen MR) is 88.6 cm³/mol. The summed E-state index contributed by atoms with van der Waals surface area (Å²) in [5, 5.41) is 0. The van der Waals surface area contributed by atoms with Crippen LogP contribution in [0.2, 0.25) is 0 Å². The molecule has 0 aromatic heterocycles. The number of rotatable bonds is 4. The first-order valence-electron chi connectivity index (χ1n) is 6.48. The molecule has 0 radical (unpaired) electrons. The highest BCUT2D eigenvalue weighted by Crippen LogP contribution is 2.29. The van der Waals surface area contributed by atoms with Crippen LogP contribution in [0.25, 0.3) is 0 Å². The van der Waals surface area contributed by atoms with Crippen molar-refractivity contribution in [2.24, 2.45) is 11.7 Å². The maximum absolute atomic E-state index is 12.6. The summed E-state index contributed by atoms with van der Waals surface area (Å²) in [5.74, 6) is -0.308. The van der Waals surface area contributed by atoms with Gasteiger partial charge in [-0.1, -0.05) is 0 Å². The van der Waals surface area contributed by atoms with Gasteiger partial charge in [-0.15, -0.1) is 12.4 Å². The number of nitrogens with two attached hydrogens (primary N) is 1.